The first kappa shape index (κ1) is 11.8. The molecule has 2 aromatic rings. The number of phenols is 1. The number of fused-ring (bicyclic) bond motifs is 1. The topological polar surface area (TPSA) is 62.0 Å². The van der Waals surface area contributed by atoms with Gasteiger partial charge >= 0.3 is 6.18 Å². The summed E-state index contributed by atoms with van der Waals surface area (Å²) in [6.07, 6.45) is -3.90. The number of nitrogens with two attached hydrogens (primary N) is 1. The van der Waals surface area contributed by atoms with Gasteiger partial charge < -0.3 is 15.8 Å². The molecule has 0 unspecified atom stereocenters. The summed E-state index contributed by atoms with van der Waals surface area (Å²) in [5.74, 6) is -0.194. The number of aromatic nitrogens is 1. The molecule has 1 aromatic carbocycles. The van der Waals surface area contributed by atoms with Crippen LogP contribution in [-0.2, 0) is 0 Å². The minimum atomic E-state index is -4.35. The maximum Gasteiger partial charge on any atom is 0.390 e. The lowest BCUT2D eigenvalue weighted by Gasteiger charge is -2.16. The lowest BCUT2D eigenvalue weighted by Crippen LogP contribution is -2.20. The summed E-state index contributed by atoms with van der Waals surface area (Å²) >= 11 is 0. The van der Waals surface area contributed by atoms with Gasteiger partial charge in [0.25, 0.3) is 0 Å². The van der Waals surface area contributed by atoms with E-state index in [-0.39, 0.29) is 11.3 Å². The molecule has 0 radical (unpaired) electrons. The van der Waals surface area contributed by atoms with E-state index in [0.29, 0.717) is 10.9 Å². The van der Waals surface area contributed by atoms with E-state index in [0.717, 1.165) is 0 Å². The average Bonchev–Trinajstić information content (AvgIpc) is 2.63. The molecular weight excluding hydrogens is 233 g/mol. The summed E-state index contributed by atoms with van der Waals surface area (Å²) in [4.78, 5) is 2.85. The lowest BCUT2D eigenvalue weighted by molar-refractivity contribution is -0.138. The quantitative estimate of drug-likeness (QED) is 0.760. The first-order chi connectivity index (χ1) is 7.88. The minimum absolute atomic E-state index is 0.106. The molecule has 0 bridgehead atoms. The summed E-state index contributed by atoms with van der Waals surface area (Å²) in [5, 5.41) is 10.3. The van der Waals surface area contributed by atoms with E-state index in [9.17, 15) is 18.3 Å². The summed E-state index contributed by atoms with van der Waals surface area (Å²) in [5.41, 5.74) is 6.22. The first-order valence-corrected chi connectivity index (χ1v) is 5.00. The van der Waals surface area contributed by atoms with Crippen LogP contribution >= 0.6 is 0 Å². The maximum absolute atomic E-state index is 12.2. The predicted molar refractivity (Wildman–Crippen MR) is 57.6 cm³/mol. The van der Waals surface area contributed by atoms with Gasteiger partial charge in [0.2, 0.25) is 0 Å². The summed E-state index contributed by atoms with van der Waals surface area (Å²) in [7, 11) is 0. The standard InChI is InChI=1S/C11H11F3N2O/c12-11(13,14)5-8(15)6-1-2-9-7(10(6)17)3-4-16-9/h1-4,8,16-17H,5,15H2/t8-/m1/s1. The van der Waals surface area contributed by atoms with Gasteiger partial charge in [0.15, 0.2) is 0 Å². The molecule has 2 rings (SSSR count). The van der Waals surface area contributed by atoms with Crippen LogP contribution in [0.1, 0.15) is 18.0 Å². The van der Waals surface area contributed by atoms with Crippen LogP contribution in [0.5, 0.6) is 5.75 Å². The number of benzene rings is 1. The zero-order valence-electron chi connectivity index (χ0n) is 8.75. The van der Waals surface area contributed by atoms with E-state index in [1.807, 2.05) is 0 Å². The Morgan fingerprint density at radius 2 is 2.00 bits per heavy atom. The average molecular weight is 244 g/mol. The Kier molecular flexibility index (Phi) is 2.74. The fraction of sp³-hybridized carbons (Fsp3) is 0.273. The zero-order valence-corrected chi connectivity index (χ0v) is 8.75. The minimum Gasteiger partial charge on any atom is -0.507 e. The van der Waals surface area contributed by atoms with Gasteiger partial charge in [-0.25, -0.2) is 0 Å². The number of nitrogens with one attached hydrogen (secondary N) is 1. The van der Waals surface area contributed by atoms with Crippen LogP contribution in [0, 0.1) is 0 Å². The van der Waals surface area contributed by atoms with Crippen molar-refractivity contribution in [1.29, 1.82) is 0 Å². The number of hydrogen-bond donors (Lipinski definition) is 3. The number of H-pyrrole nitrogens is 1. The fourth-order valence-corrected chi connectivity index (χ4v) is 1.79. The molecule has 0 spiro atoms. The molecule has 1 heterocycles. The number of hydrogen-bond acceptors (Lipinski definition) is 2. The molecule has 0 saturated heterocycles. The van der Waals surface area contributed by atoms with Gasteiger partial charge in [-0.05, 0) is 12.1 Å². The number of aromatic amines is 1. The van der Waals surface area contributed by atoms with Crippen molar-refractivity contribution < 1.29 is 18.3 Å². The normalized spacial score (nSPS) is 14.1. The fourth-order valence-electron chi connectivity index (χ4n) is 1.79. The van der Waals surface area contributed by atoms with Crippen molar-refractivity contribution in [1.82, 2.24) is 4.98 Å². The van der Waals surface area contributed by atoms with Gasteiger partial charge in [0.1, 0.15) is 5.75 Å². The molecule has 1 atom stereocenters. The molecule has 6 heteroatoms. The van der Waals surface area contributed by atoms with Crippen molar-refractivity contribution >= 4 is 10.9 Å². The predicted octanol–water partition coefficient (Wildman–Crippen LogP) is 2.83. The van der Waals surface area contributed by atoms with Crippen LogP contribution in [0.3, 0.4) is 0 Å². The third-order valence-electron chi connectivity index (χ3n) is 2.59. The maximum atomic E-state index is 12.2. The Hall–Kier alpha value is -1.69. The molecule has 92 valence electrons. The lowest BCUT2D eigenvalue weighted by atomic mass is 10.0. The van der Waals surface area contributed by atoms with Crippen LogP contribution in [0.4, 0.5) is 13.2 Å². The van der Waals surface area contributed by atoms with E-state index in [2.05, 4.69) is 4.98 Å². The van der Waals surface area contributed by atoms with Crippen LogP contribution in [0.2, 0.25) is 0 Å². The molecule has 4 N–H and O–H groups in total. The second-order valence-corrected chi connectivity index (χ2v) is 3.87. The Morgan fingerprint density at radius 1 is 1.29 bits per heavy atom. The summed E-state index contributed by atoms with van der Waals surface area (Å²) in [6, 6.07) is 3.34. The van der Waals surface area contributed by atoms with Gasteiger partial charge in [-0.2, -0.15) is 13.2 Å². The van der Waals surface area contributed by atoms with Gasteiger partial charge in [0, 0.05) is 28.7 Å². The smallest absolute Gasteiger partial charge is 0.390 e. The van der Waals surface area contributed by atoms with Crippen molar-refractivity contribution in [2.75, 3.05) is 0 Å². The van der Waals surface area contributed by atoms with Crippen LogP contribution in [0.15, 0.2) is 24.4 Å². The van der Waals surface area contributed by atoms with Crippen LogP contribution < -0.4 is 5.73 Å². The molecule has 3 nitrogen and oxygen atoms in total. The highest BCUT2D eigenvalue weighted by Gasteiger charge is 2.32. The molecule has 17 heavy (non-hydrogen) atoms. The Labute approximate surface area is 95.0 Å². The number of alkyl halides is 3. The number of rotatable bonds is 2. The van der Waals surface area contributed by atoms with Crippen molar-refractivity contribution in [3.8, 4) is 5.75 Å². The van der Waals surface area contributed by atoms with E-state index in [1.165, 1.54) is 6.07 Å². The molecule has 0 aliphatic carbocycles. The van der Waals surface area contributed by atoms with Crippen molar-refractivity contribution in [3.05, 3.63) is 30.0 Å². The molecule has 0 aliphatic heterocycles. The number of phenolic OH excluding ortho intramolecular Hbond substituents is 1. The Balaban J connectivity index is 2.38. The van der Waals surface area contributed by atoms with Crippen molar-refractivity contribution in [2.24, 2.45) is 5.73 Å². The molecule has 0 aliphatic rings. The SMILES string of the molecule is N[C@H](CC(F)(F)F)c1ccc2[nH]ccc2c1O. The van der Waals surface area contributed by atoms with Gasteiger partial charge in [-0.15, -0.1) is 0 Å². The molecular formula is C11H11F3N2O. The third-order valence-corrected chi connectivity index (χ3v) is 2.59. The van der Waals surface area contributed by atoms with Gasteiger partial charge in [-0.1, -0.05) is 6.07 Å². The van der Waals surface area contributed by atoms with Crippen LogP contribution in [-0.4, -0.2) is 16.3 Å². The Morgan fingerprint density at radius 3 is 2.65 bits per heavy atom. The van der Waals surface area contributed by atoms with Crippen LogP contribution in [0.25, 0.3) is 10.9 Å². The molecule has 0 saturated carbocycles. The zero-order chi connectivity index (χ0) is 12.6. The van der Waals surface area contributed by atoms with Gasteiger partial charge in [-0.3, -0.25) is 0 Å². The van der Waals surface area contributed by atoms with E-state index in [4.69, 9.17) is 5.73 Å². The van der Waals surface area contributed by atoms with Crippen molar-refractivity contribution in [3.63, 3.8) is 0 Å². The van der Waals surface area contributed by atoms with E-state index in [1.54, 1.807) is 18.3 Å². The summed E-state index contributed by atoms with van der Waals surface area (Å²) in [6.45, 7) is 0. The highest BCUT2D eigenvalue weighted by molar-refractivity contribution is 5.87. The third kappa shape index (κ3) is 2.36. The van der Waals surface area contributed by atoms with Crippen molar-refractivity contribution in [2.45, 2.75) is 18.6 Å². The van der Waals surface area contributed by atoms with E-state index < -0.39 is 18.6 Å². The highest BCUT2D eigenvalue weighted by atomic mass is 19.4. The van der Waals surface area contributed by atoms with E-state index >= 15 is 0 Å². The number of aromatic hydroxyl groups is 1. The second kappa shape index (κ2) is 3.96. The van der Waals surface area contributed by atoms with Gasteiger partial charge in [0.05, 0.1) is 6.42 Å². The monoisotopic (exact) mass is 244 g/mol. The largest absolute Gasteiger partial charge is 0.507 e. The molecule has 1 aromatic heterocycles. The second-order valence-electron chi connectivity index (χ2n) is 3.87. The molecule has 0 fully saturated rings. The Bertz CT molecular complexity index is 533. The highest BCUT2D eigenvalue weighted by Crippen LogP contribution is 2.35. The molecule has 0 amide bonds. The number of halogens is 3. The summed E-state index contributed by atoms with van der Waals surface area (Å²) < 4.78 is 36.6. The first-order valence-electron chi connectivity index (χ1n) is 5.00.